The van der Waals surface area contributed by atoms with Gasteiger partial charge in [0.1, 0.15) is 17.2 Å². The lowest BCUT2D eigenvalue weighted by Crippen LogP contribution is -2.47. The summed E-state index contributed by atoms with van der Waals surface area (Å²) in [4.78, 5) is 51.5. The van der Waals surface area contributed by atoms with Gasteiger partial charge in [-0.15, -0.1) is 0 Å². The van der Waals surface area contributed by atoms with Gasteiger partial charge in [-0.25, -0.2) is 14.4 Å². The third kappa shape index (κ3) is 8.50. The summed E-state index contributed by atoms with van der Waals surface area (Å²) in [5.41, 5.74) is 0.978. The molecule has 10 nitrogen and oxygen atoms in total. The number of benzene rings is 2. The van der Waals surface area contributed by atoms with Gasteiger partial charge in [0, 0.05) is 30.9 Å². The Kier molecular flexibility index (Phi) is 8.65. The number of rotatable bonds is 7. The second kappa shape index (κ2) is 11.5. The summed E-state index contributed by atoms with van der Waals surface area (Å²) in [7, 11) is 0. The van der Waals surface area contributed by atoms with E-state index in [1.54, 1.807) is 82.8 Å². The number of esters is 1. The first-order valence-corrected chi connectivity index (χ1v) is 12.5. The van der Waals surface area contributed by atoms with E-state index in [-0.39, 0.29) is 12.5 Å². The Morgan fingerprint density at radius 1 is 0.921 bits per heavy atom. The van der Waals surface area contributed by atoms with Crippen LogP contribution in [0.4, 0.5) is 21.0 Å². The zero-order valence-corrected chi connectivity index (χ0v) is 22.7. The van der Waals surface area contributed by atoms with Crippen LogP contribution in [0.2, 0.25) is 0 Å². The van der Waals surface area contributed by atoms with Gasteiger partial charge in [0.25, 0.3) is 0 Å². The Labute approximate surface area is 223 Å². The molecule has 1 saturated heterocycles. The lowest BCUT2D eigenvalue weighted by Gasteiger charge is -2.24. The first kappa shape index (κ1) is 28.5. The Hall–Kier alpha value is -4.08. The van der Waals surface area contributed by atoms with Crippen LogP contribution in [0.3, 0.4) is 0 Å². The molecule has 4 amide bonds. The second-order valence-electron chi connectivity index (χ2n) is 11.0. The number of carbonyl (C=O) groups is 4. The zero-order chi connectivity index (χ0) is 28.1. The molecule has 204 valence electrons. The van der Waals surface area contributed by atoms with Crippen LogP contribution in [0, 0.1) is 0 Å². The fourth-order valence-corrected chi connectivity index (χ4v) is 3.68. The zero-order valence-electron chi connectivity index (χ0n) is 22.7. The molecule has 1 fully saturated rings. The SMILES string of the molecule is CC(C)(C)OC(=O)N[C@@H](Cc1ccc(N2CCNC2=O)cc1)C(=O)Nc1ccc(C(=O)OC(C)(C)C)cc1. The number of urea groups is 1. The van der Waals surface area contributed by atoms with Gasteiger partial charge in [-0.3, -0.25) is 9.69 Å². The summed E-state index contributed by atoms with van der Waals surface area (Å²) < 4.78 is 10.7. The number of ether oxygens (including phenoxy) is 2. The van der Waals surface area contributed by atoms with Crippen molar-refractivity contribution in [1.29, 1.82) is 0 Å². The van der Waals surface area contributed by atoms with E-state index in [0.29, 0.717) is 24.3 Å². The number of nitrogens with one attached hydrogen (secondary N) is 3. The average Bonchev–Trinajstić information content (AvgIpc) is 3.23. The molecular formula is C28H36N4O6. The maximum Gasteiger partial charge on any atom is 0.408 e. The predicted molar refractivity (Wildman–Crippen MR) is 144 cm³/mol. The van der Waals surface area contributed by atoms with E-state index in [1.165, 1.54) is 0 Å². The molecule has 1 aliphatic rings. The number of hydrogen-bond donors (Lipinski definition) is 3. The van der Waals surface area contributed by atoms with Crippen molar-refractivity contribution in [3.8, 4) is 0 Å². The third-order valence-electron chi connectivity index (χ3n) is 5.34. The van der Waals surface area contributed by atoms with Crippen LogP contribution in [-0.4, -0.2) is 54.3 Å². The number of carbonyl (C=O) groups excluding carboxylic acids is 4. The molecular weight excluding hydrogens is 488 g/mol. The molecule has 0 bridgehead atoms. The molecule has 0 aliphatic carbocycles. The van der Waals surface area contributed by atoms with Crippen molar-refractivity contribution < 1.29 is 28.7 Å². The predicted octanol–water partition coefficient (Wildman–Crippen LogP) is 4.25. The number of alkyl carbamates (subject to hydrolysis) is 1. The van der Waals surface area contributed by atoms with Crippen LogP contribution in [0.15, 0.2) is 48.5 Å². The van der Waals surface area contributed by atoms with Crippen molar-refractivity contribution >= 4 is 35.4 Å². The number of hydrogen-bond acceptors (Lipinski definition) is 6. The molecule has 0 saturated carbocycles. The fraction of sp³-hybridized carbons (Fsp3) is 0.429. The summed E-state index contributed by atoms with van der Waals surface area (Å²) in [6.45, 7) is 11.7. The van der Waals surface area contributed by atoms with E-state index in [0.717, 1.165) is 11.3 Å². The molecule has 0 unspecified atom stereocenters. The van der Waals surface area contributed by atoms with Crippen molar-refractivity contribution in [3.05, 3.63) is 59.7 Å². The number of nitrogens with zero attached hydrogens (tertiary/aromatic N) is 1. The van der Waals surface area contributed by atoms with Crippen molar-refractivity contribution in [3.63, 3.8) is 0 Å². The largest absolute Gasteiger partial charge is 0.456 e. The molecule has 1 atom stereocenters. The topological polar surface area (TPSA) is 126 Å². The monoisotopic (exact) mass is 524 g/mol. The summed E-state index contributed by atoms with van der Waals surface area (Å²) in [6.07, 6.45) is -0.531. The fourth-order valence-electron chi connectivity index (χ4n) is 3.68. The lowest BCUT2D eigenvalue weighted by atomic mass is 10.0. The first-order valence-electron chi connectivity index (χ1n) is 12.5. The van der Waals surface area contributed by atoms with Gasteiger partial charge in [0.05, 0.1) is 5.56 Å². The highest BCUT2D eigenvalue weighted by molar-refractivity contribution is 5.97. The minimum absolute atomic E-state index is 0.153. The van der Waals surface area contributed by atoms with Crippen LogP contribution < -0.4 is 20.9 Å². The van der Waals surface area contributed by atoms with Crippen molar-refractivity contribution in [2.45, 2.75) is 65.2 Å². The van der Waals surface area contributed by atoms with Gasteiger partial charge in [0.15, 0.2) is 0 Å². The minimum Gasteiger partial charge on any atom is -0.456 e. The molecule has 2 aromatic carbocycles. The molecule has 10 heteroatoms. The van der Waals surface area contributed by atoms with Crippen molar-refractivity contribution in [2.24, 2.45) is 0 Å². The van der Waals surface area contributed by atoms with Crippen LogP contribution in [0.1, 0.15) is 57.5 Å². The van der Waals surface area contributed by atoms with Crippen molar-refractivity contribution in [2.75, 3.05) is 23.3 Å². The van der Waals surface area contributed by atoms with Crippen LogP contribution in [0.25, 0.3) is 0 Å². The Morgan fingerprint density at radius 3 is 2.05 bits per heavy atom. The van der Waals surface area contributed by atoms with Crippen molar-refractivity contribution in [1.82, 2.24) is 10.6 Å². The van der Waals surface area contributed by atoms with E-state index in [1.807, 2.05) is 12.1 Å². The summed E-state index contributed by atoms with van der Waals surface area (Å²) in [5, 5.41) is 8.20. The molecule has 3 N–H and O–H groups in total. The van der Waals surface area contributed by atoms with Gasteiger partial charge in [-0.2, -0.15) is 0 Å². The number of amides is 4. The molecule has 1 aliphatic heterocycles. The first-order chi connectivity index (χ1) is 17.7. The van der Waals surface area contributed by atoms with Gasteiger partial charge in [-0.1, -0.05) is 12.1 Å². The standard InChI is InChI=1S/C28H36N4O6/c1-27(2,3)37-24(34)19-9-11-20(12-10-19)30-23(33)22(31-26(36)38-28(4,5)6)17-18-7-13-21(14-8-18)32-16-15-29-25(32)35/h7-14,22H,15-17H2,1-6H3,(H,29,35)(H,30,33)(H,31,36)/t22-/m0/s1. The van der Waals surface area contributed by atoms with E-state index in [2.05, 4.69) is 16.0 Å². The quantitative estimate of drug-likeness (QED) is 0.465. The second-order valence-corrected chi connectivity index (χ2v) is 11.0. The molecule has 1 heterocycles. The minimum atomic E-state index is -0.948. The lowest BCUT2D eigenvalue weighted by molar-refractivity contribution is -0.118. The summed E-state index contributed by atoms with van der Waals surface area (Å²) in [6, 6.07) is 12.4. The van der Waals surface area contributed by atoms with Crippen LogP contribution in [0.5, 0.6) is 0 Å². The van der Waals surface area contributed by atoms with E-state index in [9.17, 15) is 19.2 Å². The maximum absolute atomic E-state index is 13.2. The van der Waals surface area contributed by atoms with Gasteiger partial charge < -0.3 is 25.4 Å². The summed E-state index contributed by atoms with van der Waals surface area (Å²) in [5.74, 6) is -0.918. The van der Waals surface area contributed by atoms with Gasteiger partial charge in [0.2, 0.25) is 5.91 Å². The normalized spacial score (nSPS) is 14.4. The highest BCUT2D eigenvalue weighted by Gasteiger charge is 2.26. The molecule has 0 spiro atoms. The molecule has 2 aromatic rings. The molecule has 3 rings (SSSR count). The smallest absolute Gasteiger partial charge is 0.408 e. The van der Waals surface area contributed by atoms with Gasteiger partial charge in [-0.05, 0) is 83.5 Å². The average molecular weight is 525 g/mol. The summed E-state index contributed by atoms with van der Waals surface area (Å²) >= 11 is 0. The Balaban J connectivity index is 1.72. The van der Waals surface area contributed by atoms with E-state index < -0.39 is 35.2 Å². The van der Waals surface area contributed by atoms with E-state index in [4.69, 9.17) is 9.47 Å². The highest BCUT2D eigenvalue weighted by Crippen LogP contribution is 2.19. The molecule has 38 heavy (non-hydrogen) atoms. The van der Waals surface area contributed by atoms with E-state index >= 15 is 0 Å². The molecule has 0 radical (unpaired) electrons. The Morgan fingerprint density at radius 2 is 1.53 bits per heavy atom. The maximum atomic E-state index is 13.2. The number of anilines is 2. The molecule has 0 aromatic heterocycles. The third-order valence-corrected chi connectivity index (χ3v) is 5.34. The van der Waals surface area contributed by atoms with Crippen LogP contribution >= 0.6 is 0 Å². The van der Waals surface area contributed by atoms with Gasteiger partial charge >= 0.3 is 18.1 Å². The van der Waals surface area contributed by atoms with Crippen LogP contribution in [-0.2, 0) is 20.7 Å². The Bertz CT molecular complexity index is 1160. The highest BCUT2D eigenvalue weighted by atomic mass is 16.6.